The number of aliphatic carboxylic acids is 1. The minimum Gasteiger partial charge on any atom is -0.480 e. The average Bonchev–Trinajstić information content (AvgIpc) is 2.44. The molecule has 3 heteroatoms. The fourth-order valence-electron chi connectivity index (χ4n) is 2.23. The van der Waals surface area contributed by atoms with Crippen molar-refractivity contribution < 1.29 is 9.90 Å². The summed E-state index contributed by atoms with van der Waals surface area (Å²) in [4.78, 5) is 12.6. The van der Waals surface area contributed by atoms with Crippen molar-refractivity contribution in [3.63, 3.8) is 0 Å². The zero-order valence-corrected chi connectivity index (χ0v) is 9.11. The van der Waals surface area contributed by atoms with Gasteiger partial charge in [0.1, 0.15) is 0 Å². The Labute approximate surface area is 91.5 Å². The number of rotatable bonds is 4. The maximum atomic E-state index is 10.7. The van der Waals surface area contributed by atoms with Gasteiger partial charge in [-0.2, -0.15) is 0 Å². The quantitative estimate of drug-likeness (QED) is 0.566. The third-order valence-electron chi connectivity index (χ3n) is 2.97. The van der Waals surface area contributed by atoms with Crippen molar-refractivity contribution in [1.29, 1.82) is 0 Å². The van der Waals surface area contributed by atoms with E-state index in [4.69, 9.17) is 11.5 Å². The molecule has 1 aliphatic carbocycles. The first kappa shape index (κ1) is 12.1. The zero-order chi connectivity index (χ0) is 11.1. The monoisotopic (exact) mass is 209 g/mol. The normalized spacial score (nSPS) is 18.4. The molecule has 0 aromatic rings. The maximum absolute atomic E-state index is 10.7. The Morgan fingerprint density at radius 1 is 1.33 bits per heavy atom. The molecular formula is C12H19NO2. The average molecular weight is 209 g/mol. The predicted molar refractivity (Wildman–Crippen MR) is 59.5 cm³/mol. The maximum Gasteiger partial charge on any atom is 0.317 e. The Balaban J connectivity index is 2.52. The van der Waals surface area contributed by atoms with Crippen LogP contribution in [0.1, 0.15) is 38.5 Å². The van der Waals surface area contributed by atoms with Crippen LogP contribution in [0, 0.1) is 12.3 Å². The van der Waals surface area contributed by atoms with E-state index in [9.17, 15) is 4.79 Å². The van der Waals surface area contributed by atoms with Gasteiger partial charge in [0.05, 0.1) is 13.1 Å². The van der Waals surface area contributed by atoms with E-state index in [1.54, 1.807) is 0 Å². The second-order valence-corrected chi connectivity index (χ2v) is 4.15. The van der Waals surface area contributed by atoms with Gasteiger partial charge in [0.25, 0.3) is 0 Å². The lowest BCUT2D eigenvalue weighted by Gasteiger charge is -2.27. The summed E-state index contributed by atoms with van der Waals surface area (Å²) in [5.41, 5.74) is 0. The van der Waals surface area contributed by atoms with Gasteiger partial charge >= 0.3 is 5.97 Å². The molecule has 1 saturated carbocycles. The fraction of sp³-hybridized carbons (Fsp3) is 0.750. The van der Waals surface area contributed by atoms with Crippen LogP contribution >= 0.6 is 0 Å². The van der Waals surface area contributed by atoms with Crippen LogP contribution in [0.2, 0.25) is 0 Å². The highest BCUT2D eigenvalue weighted by Crippen LogP contribution is 2.21. The molecule has 1 rings (SSSR count). The Morgan fingerprint density at radius 3 is 2.40 bits per heavy atom. The highest BCUT2D eigenvalue weighted by Gasteiger charge is 2.20. The lowest BCUT2D eigenvalue weighted by atomic mass is 10.1. The Kier molecular flexibility index (Phi) is 5.20. The number of carbonyl (C=O) groups is 1. The molecule has 15 heavy (non-hydrogen) atoms. The van der Waals surface area contributed by atoms with Gasteiger partial charge in [-0.25, -0.2) is 0 Å². The summed E-state index contributed by atoms with van der Waals surface area (Å²) < 4.78 is 0. The molecule has 0 aromatic heterocycles. The van der Waals surface area contributed by atoms with Crippen molar-refractivity contribution in [2.24, 2.45) is 0 Å². The zero-order valence-electron chi connectivity index (χ0n) is 9.11. The topological polar surface area (TPSA) is 40.5 Å². The SMILES string of the molecule is C#CCN(CC(=O)O)C1CCCCCC1. The Bertz CT molecular complexity index is 236. The molecule has 0 heterocycles. The van der Waals surface area contributed by atoms with Gasteiger partial charge < -0.3 is 5.11 Å². The standard InChI is InChI=1S/C12H19NO2/c1-2-9-13(10-12(14)15)11-7-5-3-4-6-8-11/h1,11H,3-10H2,(H,14,15). The molecule has 0 unspecified atom stereocenters. The van der Waals surface area contributed by atoms with Gasteiger partial charge in [0, 0.05) is 6.04 Å². The van der Waals surface area contributed by atoms with Crippen LogP contribution in [0.4, 0.5) is 0 Å². The van der Waals surface area contributed by atoms with Crippen LogP contribution < -0.4 is 0 Å². The number of terminal acetylenes is 1. The van der Waals surface area contributed by atoms with Crippen LogP contribution in [0.5, 0.6) is 0 Å². The molecular weight excluding hydrogens is 190 g/mol. The minimum atomic E-state index is -0.783. The van der Waals surface area contributed by atoms with Crippen molar-refractivity contribution in [2.75, 3.05) is 13.1 Å². The molecule has 84 valence electrons. The highest BCUT2D eigenvalue weighted by molar-refractivity contribution is 5.69. The van der Waals surface area contributed by atoms with Crippen molar-refractivity contribution in [3.05, 3.63) is 0 Å². The molecule has 1 N–H and O–H groups in total. The van der Waals surface area contributed by atoms with Crippen LogP contribution in [0.3, 0.4) is 0 Å². The van der Waals surface area contributed by atoms with Crippen molar-refractivity contribution >= 4 is 5.97 Å². The van der Waals surface area contributed by atoms with E-state index in [0.29, 0.717) is 12.6 Å². The number of carboxylic acid groups (broad SMARTS) is 1. The second kappa shape index (κ2) is 6.47. The van der Waals surface area contributed by atoms with E-state index in [1.807, 2.05) is 4.90 Å². The third-order valence-corrected chi connectivity index (χ3v) is 2.97. The smallest absolute Gasteiger partial charge is 0.317 e. The van der Waals surface area contributed by atoms with Crippen LogP contribution in [-0.4, -0.2) is 35.1 Å². The highest BCUT2D eigenvalue weighted by atomic mass is 16.4. The molecule has 0 saturated heterocycles. The van der Waals surface area contributed by atoms with E-state index in [1.165, 1.54) is 25.7 Å². The summed E-state index contributed by atoms with van der Waals surface area (Å²) in [5.74, 6) is 1.77. The first-order chi connectivity index (χ1) is 7.24. The Hall–Kier alpha value is -1.01. The van der Waals surface area contributed by atoms with Crippen molar-refractivity contribution in [3.8, 4) is 12.3 Å². The molecule has 0 radical (unpaired) electrons. The first-order valence-electron chi connectivity index (χ1n) is 5.63. The summed E-state index contributed by atoms with van der Waals surface area (Å²) in [6, 6.07) is 0.375. The predicted octanol–water partition coefficient (Wildman–Crippen LogP) is 1.73. The van der Waals surface area contributed by atoms with Crippen LogP contribution in [-0.2, 0) is 4.79 Å². The van der Waals surface area contributed by atoms with Crippen LogP contribution in [0.15, 0.2) is 0 Å². The van der Waals surface area contributed by atoms with E-state index in [-0.39, 0.29) is 6.54 Å². The van der Waals surface area contributed by atoms with E-state index >= 15 is 0 Å². The van der Waals surface area contributed by atoms with Gasteiger partial charge in [-0.3, -0.25) is 9.69 Å². The third kappa shape index (κ3) is 4.35. The van der Waals surface area contributed by atoms with Gasteiger partial charge in [-0.15, -0.1) is 6.42 Å². The second-order valence-electron chi connectivity index (χ2n) is 4.15. The molecule has 0 atom stereocenters. The molecule has 1 aliphatic rings. The molecule has 0 bridgehead atoms. The first-order valence-corrected chi connectivity index (χ1v) is 5.63. The van der Waals surface area contributed by atoms with Gasteiger partial charge in [-0.1, -0.05) is 31.6 Å². The molecule has 0 aromatic carbocycles. The van der Waals surface area contributed by atoms with Gasteiger partial charge in [0.15, 0.2) is 0 Å². The van der Waals surface area contributed by atoms with E-state index in [0.717, 1.165) is 12.8 Å². The van der Waals surface area contributed by atoms with Crippen molar-refractivity contribution in [1.82, 2.24) is 4.90 Å². The largest absolute Gasteiger partial charge is 0.480 e. The summed E-state index contributed by atoms with van der Waals surface area (Å²) >= 11 is 0. The number of nitrogens with zero attached hydrogens (tertiary/aromatic N) is 1. The molecule has 0 spiro atoms. The van der Waals surface area contributed by atoms with E-state index < -0.39 is 5.97 Å². The molecule has 1 fully saturated rings. The van der Waals surface area contributed by atoms with Gasteiger partial charge in [-0.05, 0) is 12.8 Å². The van der Waals surface area contributed by atoms with Crippen molar-refractivity contribution in [2.45, 2.75) is 44.6 Å². The number of carboxylic acids is 1. The minimum absolute atomic E-state index is 0.0782. The summed E-state index contributed by atoms with van der Waals surface area (Å²) in [6.07, 6.45) is 12.4. The summed E-state index contributed by atoms with van der Waals surface area (Å²) in [7, 11) is 0. The fourth-order valence-corrected chi connectivity index (χ4v) is 2.23. The lowest BCUT2D eigenvalue weighted by Crippen LogP contribution is -2.39. The molecule has 0 amide bonds. The summed E-state index contributed by atoms with van der Waals surface area (Å²) in [6.45, 7) is 0.534. The molecule has 3 nitrogen and oxygen atoms in total. The van der Waals surface area contributed by atoms with Gasteiger partial charge in [0.2, 0.25) is 0 Å². The molecule has 0 aliphatic heterocycles. The number of hydrogen-bond acceptors (Lipinski definition) is 2. The van der Waals surface area contributed by atoms with Crippen LogP contribution in [0.25, 0.3) is 0 Å². The lowest BCUT2D eigenvalue weighted by molar-refractivity contribution is -0.138. The summed E-state index contributed by atoms with van der Waals surface area (Å²) in [5, 5.41) is 8.80. The number of hydrogen-bond donors (Lipinski definition) is 1. The van der Waals surface area contributed by atoms with E-state index in [2.05, 4.69) is 5.92 Å². The Morgan fingerprint density at radius 2 is 1.93 bits per heavy atom.